The Balaban J connectivity index is 2.06. The SMILES string of the molecule is CC1(C2C=N2)CC1. The van der Waals surface area contributed by atoms with E-state index in [2.05, 4.69) is 18.1 Å². The van der Waals surface area contributed by atoms with Crippen LogP contribution in [0.3, 0.4) is 0 Å². The largest absolute Gasteiger partial charge is 0.286 e. The molecular weight excluding hydrogens is 86.1 g/mol. The molecule has 1 unspecified atom stereocenters. The maximum absolute atomic E-state index is 4.11. The van der Waals surface area contributed by atoms with Gasteiger partial charge in [0, 0.05) is 6.21 Å². The Morgan fingerprint density at radius 1 is 1.71 bits per heavy atom. The van der Waals surface area contributed by atoms with E-state index in [0.29, 0.717) is 11.5 Å². The summed E-state index contributed by atoms with van der Waals surface area (Å²) >= 11 is 0. The minimum atomic E-state index is 0.639. The molecule has 1 fully saturated rings. The third-order valence-electron chi connectivity index (χ3n) is 2.05. The van der Waals surface area contributed by atoms with Crippen molar-refractivity contribution >= 4 is 6.21 Å². The van der Waals surface area contributed by atoms with E-state index in [1.54, 1.807) is 0 Å². The highest BCUT2D eigenvalue weighted by atomic mass is 15.0. The Kier molecular flexibility index (Phi) is 0.401. The highest BCUT2D eigenvalue weighted by Gasteiger charge is 2.47. The van der Waals surface area contributed by atoms with E-state index in [4.69, 9.17) is 0 Å². The van der Waals surface area contributed by atoms with E-state index >= 15 is 0 Å². The average molecular weight is 95.1 g/mol. The smallest absolute Gasteiger partial charge is 0.0896 e. The van der Waals surface area contributed by atoms with Crippen LogP contribution >= 0.6 is 0 Å². The molecule has 0 aromatic rings. The molecule has 0 aromatic heterocycles. The molecule has 1 saturated carbocycles. The van der Waals surface area contributed by atoms with Gasteiger partial charge in [-0.2, -0.15) is 0 Å². The van der Waals surface area contributed by atoms with Crippen LogP contribution in [0.15, 0.2) is 4.99 Å². The normalized spacial score (nSPS) is 41.0. The first-order chi connectivity index (χ1) is 3.31. The molecule has 0 bridgehead atoms. The van der Waals surface area contributed by atoms with Crippen molar-refractivity contribution in [3.05, 3.63) is 0 Å². The molecule has 0 spiro atoms. The number of nitrogens with zero attached hydrogens (tertiary/aromatic N) is 1. The van der Waals surface area contributed by atoms with E-state index in [0.717, 1.165) is 0 Å². The van der Waals surface area contributed by atoms with E-state index in [9.17, 15) is 0 Å². The molecule has 0 radical (unpaired) electrons. The monoisotopic (exact) mass is 95.1 g/mol. The quantitative estimate of drug-likeness (QED) is 0.464. The molecule has 1 atom stereocenters. The number of hydrogen-bond donors (Lipinski definition) is 0. The van der Waals surface area contributed by atoms with Crippen molar-refractivity contribution in [3.8, 4) is 0 Å². The van der Waals surface area contributed by atoms with Gasteiger partial charge in [-0.3, -0.25) is 4.99 Å². The van der Waals surface area contributed by atoms with Gasteiger partial charge in [0.2, 0.25) is 0 Å². The summed E-state index contributed by atoms with van der Waals surface area (Å²) in [7, 11) is 0. The van der Waals surface area contributed by atoms with Gasteiger partial charge in [0.15, 0.2) is 0 Å². The van der Waals surface area contributed by atoms with Gasteiger partial charge in [-0.05, 0) is 18.3 Å². The van der Waals surface area contributed by atoms with Gasteiger partial charge in [0.25, 0.3) is 0 Å². The van der Waals surface area contributed by atoms with Crippen molar-refractivity contribution in [2.45, 2.75) is 25.8 Å². The molecule has 0 N–H and O–H groups in total. The summed E-state index contributed by atoms with van der Waals surface area (Å²) in [6, 6.07) is 0.660. The van der Waals surface area contributed by atoms with Crippen LogP contribution in [0.25, 0.3) is 0 Å². The van der Waals surface area contributed by atoms with Crippen molar-refractivity contribution in [1.82, 2.24) is 0 Å². The molecule has 1 heterocycles. The highest BCUT2D eigenvalue weighted by Crippen LogP contribution is 2.51. The second kappa shape index (κ2) is 0.770. The fourth-order valence-corrected chi connectivity index (χ4v) is 0.896. The lowest BCUT2D eigenvalue weighted by atomic mass is 10.1. The Hall–Kier alpha value is -0.330. The highest BCUT2D eigenvalue weighted by molar-refractivity contribution is 5.79. The van der Waals surface area contributed by atoms with Gasteiger partial charge < -0.3 is 0 Å². The maximum Gasteiger partial charge on any atom is 0.0896 e. The zero-order chi connectivity index (χ0) is 4.91. The number of rotatable bonds is 1. The summed E-state index contributed by atoms with van der Waals surface area (Å²) in [5.74, 6) is 0. The Morgan fingerprint density at radius 2 is 2.29 bits per heavy atom. The number of aliphatic imine (C=N–C) groups is 1. The third-order valence-corrected chi connectivity index (χ3v) is 2.05. The molecule has 0 saturated heterocycles. The van der Waals surface area contributed by atoms with Gasteiger partial charge >= 0.3 is 0 Å². The molecule has 38 valence electrons. The second-order valence-corrected chi connectivity index (χ2v) is 2.90. The molecule has 1 aliphatic heterocycles. The van der Waals surface area contributed by atoms with Crippen LogP contribution in [0.2, 0.25) is 0 Å². The first-order valence-electron chi connectivity index (χ1n) is 2.85. The third kappa shape index (κ3) is 0.409. The molecule has 2 aliphatic rings. The molecule has 0 aromatic carbocycles. The predicted molar refractivity (Wildman–Crippen MR) is 29.6 cm³/mol. The van der Waals surface area contributed by atoms with Crippen molar-refractivity contribution < 1.29 is 0 Å². The van der Waals surface area contributed by atoms with Crippen LogP contribution in [-0.4, -0.2) is 12.3 Å². The zero-order valence-electron chi connectivity index (χ0n) is 4.52. The lowest BCUT2D eigenvalue weighted by molar-refractivity contribution is 0.576. The molecule has 7 heavy (non-hydrogen) atoms. The maximum atomic E-state index is 4.11. The second-order valence-electron chi connectivity index (χ2n) is 2.90. The van der Waals surface area contributed by atoms with Crippen molar-refractivity contribution in [1.29, 1.82) is 0 Å². The Bertz CT molecular complexity index is 116. The van der Waals surface area contributed by atoms with Crippen LogP contribution in [0.5, 0.6) is 0 Å². The van der Waals surface area contributed by atoms with Gasteiger partial charge in [0.1, 0.15) is 0 Å². The fraction of sp³-hybridized carbons (Fsp3) is 0.833. The Morgan fingerprint density at radius 3 is 2.43 bits per heavy atom. The van der Waals surface area contributed by atoms with E-state index in [1.807, 2.05) is 0 Å². The van der Waals surface area contributed by atoms with E-state index < -0.39 is 0 Å². The van der Waals surface area contributed by atoms with Crippen LogP contribution < -0.4 is 0 Å². The van der Waals surface area contributed by atoms with Gasteiger partial charge in [-0.1, -0.05) is 6.92 Å². The van der Waals surface area contributed by atoms with Gasteiger partial charge in [0.05, 0.1) is 6.04 Å². The zero-order valence-corrected chi connectivity index (χ0v) is 4.52. The topological polar surface area (TPSA) is 12.4 Å². The first kappa shape index (κ1) is 3.65. The first-order valence-corrected chi connectivity index (χ1v) is 2.85. The molecule has 2 rings (SSSR count). The molecule has 1 nitrogen and oxygen atoms in total. The van der Waals surface area contributed by atoms with Gasteiger partial charge in [-0.15, -0.1) is 0 Å². The van der Waals surface area contributed by atoms with Crippen molar-refractivity contribution in [2.24, 2.45) is 10.4 Å². The summed E-state index contributed by atoms with van der Waals surface area (Å²) in [4.78, 5) is 4.11. The summed E-state index contributed by atoms with van der Waals surface area (Å²) in [6.07, 6.45) is 4.86. The standard InChI is InChI=1S/C6H9N/c1-6(2-3-6)5-4-7-5/h4-5H,2-3H2,1H3. The van der Waals surface area contributed by atoms with Crippen LogP contribution in [0, 0.1) is 5.41 Å². The van der Waals surface area contributed by atoms with Crippen LogP contribution in [0.1, 0.15) is 19.8 Å². The van der Waals surface area contributed by atoms with E-state index in [-0.39, 0.29) is 0 Å². The van der Waals surface area contributed by atoms with Crippen molar-refractivity contribution in [3.63, 3.8) is 0 Å². The summed E-state index contributed by atoms with van der Waals surface area (Å²) in [5, 5.41) is 0. The lowest BCUT2D eigenvalue weighted by Crippen LogP contribution is -2.03. The molecule has 0 amide bonds. The minimum Gasteiger partial charge on any atom is -0.286 e. The summed E-state index contributed by atoms with van der Waals surface area (Å²) in [6.45, 7) is 2.31. The molecule has 1 aliphatic carbocycles. The Labute approximate surface area is 43.4 Å². The fourth-order valence-electron chi connectivity index (χ4n) is 0.896. The minimum absolute atomic E-state index is 0.639. The predicted octanol–water partition coefficient (Wildman–Crippen LogP) is 1.24. The number of hydrogen-bond acceptors (Lipinski definition) is 1. The van der Waals surface area contributed by atoms with Crippen LogP contribution in [-0.2, 0) is 0 Å². The van der Waals surface area contributed by atoms with Crippen LogP contribution in [0.4, 0.5) is 0 Å². The van der Waals surface area contributed by atoms with Crippen molar-refractivity contribution in [2.75, 3.05) is 0 Å². The molecule has 1 heteroatoms. The van der Waals surface area contributed by atoms with Gasteiger partial charge in [-0.25, -0.2) is 0 Å². The summed E-state index contributed by atoms with van der Waals surface area (Å²) < 4.78 is 0. The summed E-state index contributed by atoms with van der Waals surface area (Å²) in [5.41, 5.74) is 0.639. The average Bonchev–Trinajstić information content (AvgIpc) is 2.14. The molecular formula is C6H9N. The van der Waals surface area contributed by atoms with E-state index in [1.165, 1.54) is 12.8 Å². The lowest BCUT2D eigenvalue weighted by Gasteiger charge is -1.98.